The summed E-state index contributed by atoms with van der Waals surface area (Å²) in [7, 11) is 0. The fourth-order valence-electron chi connectivity index (χ4n) is 1.81. The predicted molar refractivity (Wildman–Crippen MR) is 55.6 cm³/mol. The van der Waals surface area contributed by atoms with Gasteiger partial charge in [0.2, 0.25) is 5.91 Å². The lowest BCUT2D eigenvalue weighted by molar-refractivity contribution is -0.142. The number of nitrogens with one attached hydrogen (secondary N) is 1. The second-order valence-electron chi connectivity index (χ2n) is 4.18. The maximum Gasteiger partial charge on any atom is 0.246 e. The summed E-state index contributed by atoms with van der Waals surface area (Å²) in [5.74, 6) is 0.0974. The van der Waals surface area contributed by atoms with Crippen molar-refractivity contribution in [3.05, 3.63) is 0 Å². The Hall–Kier alpha value is -0.570. The van der Waals surface area contributed by atoms with Gasteiger partial charge in [-0.25, -0.2) is 5.48 Å². The fourth-order valence-corrected chi connectivity index (χ4v) is 1.81. The van der Waals surface area contributed by atoms with Crippen LogP contribution in [0.15, 0.2) is 0 Å². The number of carbonyl (C=O) groups is 1. The second kappa shape index (κ2) is 6.02. The summed E-state index contributed by atoms with van der Waals surface area (Å²) in [6.07, 6.45) is 6.85. The molecule has 0 spiro atoms. The minimum absolute atomic E-state index is 0.0266. The van der Waals surface area contributed by atoms with Crippen LogP contribution in [-0.4, -0.2) is 12.0 Å². The maximum absolute atomic E-state index is 11.5. The van der Waals surface area contributed by atoms with Gasteiger partial charge in [-0.2, -0.15) is 0 Å². The van der Waals surface area contributed by atoms with E-state index in [4.69, 9.17) is 4.84 Å². The third-order valence-electron chi connectivity index (χ3n) is 2.80. The molecule has 1 amide bonds. The number of hydrogen-bond donors (Lipinski definition) is 1. The Labute approximate surface area is 86.2 Å². The highest BCUT2D eigenvalue weighted by molar-refractivity contribution is 5.77. The van der Waals surface area contributed by atoms with Gasteiger partial charge in [0.15, 0.2) is 0 Å². The predicted octanol–water partition coefficient (Wildman–Crippen LogP) is 2.41. The van der Waals surface area contributed by atoms with E-state index < -0.39 is 0 Å². The first-order chi connectivity index (χ1) is 6.74. The van der Waals surface area contributed by atoms with Gasteiger partial charge in [-0.15, -0.1) is 0 Å². The molecular formula is C11H21NO2. The Kier molecular flexibility index (Phi) is 4.94. The van der Waals surface area contributed by atoms with Gasteiger partial charge in [-0.1, -0.05) is 33.1 Å². The first-order valence-electron chi connectivity index (χ1n) is 5.69. The van der Waals surface area contributed by atoms with Crippen LogP contribution >= 0.6 is 0 Å². The molecule has 0 heterocycles. The first kappa shape index (κ1) is 11.5. The van der Waals surface area contributed by atoms with E-state index in [0.29, 0.717) is 0 Å². The molecule has 1 atom stereocenters. The zero-order chi connectivity index (χ0) is 10.4. The monoisotopic (exact) mass is 199 g/mol. The van der Waals surface area contributed by atoms with Crippen LogP contribution in [0.5, 0.6) is 0 Å². The average molecular weight is 199 g/mol. The maximum atomic E-state index is 11.5. The molecule has 0 aliphatic heterocycles. The summed E-state index contributed by atoms with van der Waals surface area (Å²) < 4.78 is 0. The van der Waals surface area contributed by atoms with E-state index in [1.807, 2.05) is 6.92 Å². The van der Waals surface area contributed by atoms with Gasteiger partial charge in [-0.05, 0) is 19.3 Å². The standard InChI is InChI=1S/C11H21NO2/c1-3-6-9(2)11(13)12-14-10-7-4-5-8-10/h9-10H,3-8H2,1-2H3,(H,12,13). The van der Waals surface area contributed by atoms with Crippen LogP contribution in [0, 0.1) is 5.92 Å². The minimum atomic E-state index is 0.0266. The molecule has 1 aliphatic rings. The van der Waals surface area contributed by atoms with Crippen LogP contribution in [0.2, 0.25) is 0 Å². The number of rotatable bonds is 5. The van der Waals surface area contributed by atoms with E-state index in [-0.39, 0.29) is 17.9 Å². The molecule has 1 unspecified atom stereocenters. The van der Waals surface area contributed by atoms with Crippen molar-refractivity contribution in [1.29, 1.82) is 0 Å². The lowest BCUT2D eigenvalue weighted by Gasteiger charge is -2.14. The van der Waals surface area contributed by atoms with E-state index in [9.17, 15) is 4.79 Å². The van der Waals surface area contributed by atoms with Crippen molar-refractivity contribution in [2.24, 2.45) is 5.92 Å². The molecule has 0 saturated heterocycles. The molecule has 14 heavy (non-hydrogen) atoms. The third-order valence-corrected chi connectivity index (χ3v) is 2.80. The molecule has 1 saturated carbocycles. The molecule has 0 aromatic rings. The largest absolute Gasteiger partial charge is 0.273 e. The Bertz CT molecular complexity index is 176. The normalized spacial score (nSPS) is 19.6. The molecule has 3 nitrogen and oxygen atoms in total. The van der Waals surface area contributed by atoms with E-state index in [1.54, 1.807) is 0 Å². The SMILES string of the molecule is CCCC(C)C(=O)NOC1CCCC1. The van der Waals surface area contributed by atoms with Gasteiger partial charge < -0.3 is 0 Å². The number of hydroxylamine groups is 1. The molecule has 1 aliphatic carbocycles. The van der Waals surface area contributed by atoms with E-state index >= 15 is 0 Å². The lowest BCUT2D eigenvalue weighted by atomic mass is 10.1. The zero-order valence-electron chi connectivity index (χ0n) is 9.21. The summed E-state index contributed by atoms with van der Waals surface area (Å²) in [4.78, 5) is 16.8. The average Bonchev–Trinajstić information content (AvgIpc) is 2.67. The van der Waals surface area contributed by atoms with Crippen molar-refractivity contribution in [3.8, 4) is 0 Å². The first-order valence-corrected chi connectivity index (χ1v) is 5.69. The van der Waals surface area contributed by atoms with Crippen LogP contribution in [0.4, 0.5) is 0 Å². The molecule has 0 aromatic heterocycles. The lowest BCUT2D eigenvalue weighted by Crippen LogP contribution is -2.32. The molecule has 1 fully saturated rings. The highest BCUT2D eigenvalue weighted by Gasteiger charge is 2.18. The van der Waals surface area contributed by atoms with Crippen LogP contribution in [0.3, 0.4) is 0 Å². The van der Waals surface area contributed by atoms with Crippen molar-refractivity contribution in [2.45, 2.75) is 58.5 Å². The topological polar surface area (TPSA) is 38.3 Å². The Morgan fingerprint density at radius 1 is 1.50 bits per heavy atom. The summed E-state index contributed by atoms with van der Waals surface area (Å²) in [5, 5.41) is 0. The third kappa shape index (κ3) is 3.66. The smallest absolute Gasteiger partial charge is 0.246 e. The Morgan fingerprint density at radius 2 is 2.14 bits per heavy atom. The number of carbonyl (C=O) groups excluding carboxylic acids is 1. The van der Waals surface area contributed by atoms with Gasteiger partial charge >= 0.3 is 0 Å². The quantitative estimate of drug-likeness (QED) is 0.690. The summed E-state index contributed by atoms with van der Waals surface area (Å²) >= 11 is 0. The highest BCUT2D eigenvalue weighted by Crippen LogP contribution is 2.20. The molecule has 1 N–H and O–H groups in total. The summed E-state index contributed by atoms with van der Waals surface area (Å²) in [5.41, 5.74) is 2.57. The molecule has 0 bridgehead atoms. The molecular weight excluding hydrogens is 178 g/mol. The van der Waals surface area contributed by atoms with E-state index in [1.165, 1.54) is 12.8 Å². The van der Waals surface area contributed by atoms with Crippen molar-refractivity contribution in [3.63, 3.8) is 0 Å². The van der Waals surface area contributed by atoms with Gasteiger partial charge in [0.25, 0.3) is 0 Å². The Balaban J connectivity index is 2.13. The molecule has 0 radical (unpaired) electrons. The van der Waals surface area contributed by atoms with E-state index in [0.717, 1.165) is 25.7 Å². The number of amides is 1. The number of hydrogen-bond acceptors (Lipinski definition) is 2. The highest BCUT2D eigenvalue weighted by atomic mass is 16.7. The Morgan fingerprint density at radius 3 is 2.71 bits per heavy atom. The fraction of sp³-hybridized carbons (Fsp3) is 0.909. The molecule has 1 rings (SSSR count). The van der Waals surface area contributed by atoms with Crippen molar-refractivity contribution in [1.82, 2.24) is 5.48 Å². The van der Waals surface area contributed by atoms with Crippen molar-refractivity contribution >= 4 is 5.91 Å². The zero-order valence-corrected chi connectivity index (χ0v) is 9.21. The van der Waals surface area contributed by atoms with Crippen molar-refractivity contribution < 1.29 is 9.63 Å². The van der Waals surface area contributed by atoms with Crippen LogP contribution in [-0.2, 0) is 9.63 Å². The summed E-state index contributed by atoms with van der Waals surface area (Å²) in [6, 6.07) is 0. The van der Waals surface area contributed by atoms with Crippen LogP contribution < -0.4 is 5.48 Å². The summed E-state index contributed by atoms with van der Waals surface area (Å²) in [6.45, 7) is 4.03. The van der Waals surface area contributed by atoms with Crippen molar-refractivity contribution in [2.75, 3.05) is 0 Å². The molecule has 0 aromatic carbocycles. The van der Waals surface area contributed by atoms with Gasteiger partial charge in [0.05, 0.1) is 6.10 Å². The van der Waals surface area contributed by atoms with Crippen LogP contribution in [0.1, 0.15) is 52.4 Å². The van der Waals surface area contributed by atoms with Gasteiger partial charge in [0, 0.05) is 5.92 Å². The van der Waals surface area contributed by atoms with Crippen LogP contribution in [0.25, 0.3) is 0 Å². The molecule has 3 heteroatoms. The minimum Gasteiger partial charge on any atom is -0.273 e. The second-order valence-corrected chi connectivity index (χ2v) is 4.18. The van der Waals surface area contributed by atoms with Gasteiger partial charge in [-0.3, -0.25) is 9.63 Å². The van der Waals surface area contributed by atoms with Gasteiger partial charge in [0.1, 0.15) is 0 Å². The van der Waals surface area contributed by atoms with E-state index in [2.05, 4.69) is 12.4 Å². The molecule has 82 valence electrons.